The van der Waals surface area contributed by atoms with Crippen molar-refractivity contribution in [2.75, 3.05) is 10.6 Å². The van der Waals surface area contributed by atoms with E-state index in [-0.39, 0.29) is 17.7 Å². The standard InChI is InChI=1S/C19H24N6O2S/c1-11-6-7-15(14(8-11)16(26)12-4-2-3-5-12)24-18(27)25-19-23-10-13(28-19)9-22-17(20)21/h6-8,10,12H,2-5,9H2,1H3,(H4,20,21,22)(H2,23,24,25,27). The quantitative estimate of drug-likeness (QED) is 0.288. The van der Waals surface area contributed by atoms with Crippen LogP contribution in [0.15, 0.2) is 24.4 Å². The van der Waals surface area contributed by atoms with Gasteiger partial charge in [-0.25, -0.2) is 9.78 Å². The molecule has 0 aliphatic heterocycles. The summed E-state index contributed by atoms with van der Waals surface area (Å²) in [7, 11) is 0. The average molecular weight is 401 g/mol. The Hall–Kier alpha value is -2.94. The molecule has 0 atom stereocenters. The molecule has 148 valence electrons. The van der Waals surface area contributed by atoms with Crippen molar-refractivity contribution in [1.82, 2.24) is 10.3 Å². The number of carbonyl (C=O) groups excluding carboxylic acids is 2. The molecule has 0 unspecified atom stereocenters. The first kappa shape index (κ1) is 19.8. The van der Waals surface area contributed by atoms with Gasteiger partial charge in [0.05, 0.1) is 12.2 Å². The van der Waals surface area contributed by atoms with E-state index in [0.29, 0.717) is 22.9 Å². The van der Waals surface area contributed by atoms with Crippen molar-refractivity contribution in [3.8, 4) is 0 Å². The van der Waals surface area contributed by atoms with Gasteiger partial charge in [-0.2, -0.15) is 0 Å². The lowest BCUT2D eigenvalue weighted by molar-refractivity contribution is 0.0923. The molecule has 1 aromatic carbocycles. The van der Waals surface area contributed by atoms with Gasteiger partial charge in [0.25, 0.3) is 0 Å². The predicted octanol–water partition coefficient (Wildman–Crippen LogP) is 3.45. The van der Waals surface area contributed by atoms with E-state index in [1.54, 1.807) is 12.3 Å². The summed E-state index contributed by atoms with van der Waals surface area (Å²) in [5, 5.41) is 15.7. The van der Waals surface area contributed by atoms with Crippen molar-refractivity contribution in [1.29, 1.82) is 5.41 Å². The molecule has 1 fully saturated rings. The minimum atomic E-state index is -0.454. The fraction of sp³-hybridized carbons (Fsp3) is 0.368. The normalized spacial score (nSPS) is 13.9. The molecule has 0 saturated heterocycles. The number of thiazole rings is 1. The van der Waals surface area contributed by atoms with Gasteiger partial charge in [-0.3, -0.25) is 15.5 Å². The van der Waals surface area contributed by atoms with Crippen molar-refractivity contribution >= 4 is 39.9 Å². The van der Waals surface area contributed by atoms with Gasteiger partial charge in [0.2, 0.25) is 0 Å². The molecule has 2 amide bonds. The number of urea groups is 1. The number of nitrogens with two attached hydrogens (primary N) is 1. The molecule has 0 radical (unpaired) electrons. The predicted molar refractivity (Wildman–Crippen MR) is 111 cm³/mol. The van der Waals surface area contributed by atoms with Gasteiger partial charge >= 0.3 is 6.03 Å². The number of carbonyl (C=O) groups is 2. The van der Waals surface area contributed by atoms with Gasteiger partial charge < -0.3 is 16.4 Å². The number of amides is 2. The molecule has 1 aliphatic rings. The molecular formula is C19H24N6O2S. The fourth-order valence-corrected chi connectivity index (χ4v) is 4.01. The highest BCUT2D eigenvalue weighted by atomic mass is 32.1. The second-order valence-corrected chi connectivity index (χ2v) is 7.99. The first-order valence-electron chi connectivity index (χ1n) is 9.18. The number of hydrogen-bond acceptors (Lipinski definition) is 5. The number of guanidine groups is 1. The van der Waals surface area contributed by atoms with Crippen LogP contribution in [0.5, 0.6) is 0 Å². The monoisotopic (exact) mass is 400 g/mol. The number of nitrogens with zero attached hydrogens (tertiary/aromatic N) is 1. The number of anilines is 2. The Morgan fingerprint density at radius 3 is 2.75 bits per heavy atom. The lowest BCUT2D eigenvalue weighted by Gasteiger charge is -2.14. The van der Waals surface area contributed by atoms with Gasteiger partial charge in [-0.05, 0) is 31.9 Å². The van der Waals surface area contributed by atoms with Crippen LogP contribution in [-0.2, 0) is 6.54 Å². The van der Waals surface area contributed by atoms with E-state index in [1.165, 1.54) is 11.3 Å². The zero-order valence-corrected chi connectivity index (χ0v) is 16.5. The SMILES string of the molecule is Cc1ccc(NC(=O)Nc2ncc(CNC(=N)N)s2)c(C(=O)C2CCCC2)c1. The Morgan fingerprint density at radius 1 is 1.29 bits per heavy atom. The molecule has 1 heterocycles. The molecule has 0 bridgehead atoms. The van der Waals surface area contributed by atoms with Gasteiger partial charge in [0, 0.05) is 22.6 Å². The maximum absolute atomic E-state index is 12.9. The Morgan fingerprint density at radius 2 is 2.04 bits per heavy atom. The zero-order chi connectivity index (χ0) is 20.1. The molecule has 6 N–H and O–H groups in total. The highest BCUT2D eigenvalue weighted by Crippen LogP contribution is 2.31. The maximum atomic E-state index is 12.9. The number of nitrogens with one attached hydrogen (secondary N) is 4. The second kappa shape index (κ2) is 8.83. The minimum absolute atomic E-state index is 0.0423. The van der Waals surface area contributed by atoms with E-state index in [9.17, 15) is 9.59 Å². The molecule has 1 saturated carbocycles. The van der Waals surface area contributed by atoms with Crippen LogP contribution in [0.2, 0.25) is 0 Å². The summed E-state index contributed by atoms with van der Waals surface area (Å²) in [6, 6.07) is 5.02. The Labute approximate surface area is 167 Å². The fourth-order valence-electron chi connectivity index (χ4n) is 3.26. The van der Waals surface area contributed by atoms with Crippen molar-refractivity contribution in [2.45, 2.75) is 39.2 Å². The van der Waals surface area contributed by atoms with Crippen molar-refractivity contribution < 1.29 is 9.59 Å². The molecule has 9 heteroatoms. The molecule has 2 aromatic rings. The van der Waals surface area contributed by atoms with Crippen LogP contribution >= 0.6 is 11.3 Å². The lowest BCUT2D eigenvalue weighted by Crippen LogP contribution is -2.29. The highest BCUT2D eigenvalue weighted by molar-refractivity contribution is 7.15. The van der Waals surface area contributed by atoms with E-state index in [2.05, 4.69) is 20.9 Å². The van der Waals surface area contributed by atoms with E-state index in [0.717, 1.165) is 36.1 Å². The van der Waals surface area contributed by atoms with Gasteiger partial charge in [-0.1, -0.05) is 35.8 Å². The summed E-state index contributed by atoms with van der Waals surface area (Å²) in [6.07, 6.45) is 5.59. The van der Waals surface area contributed by atoms with E-state index in [4.69, 9.17) is 11.1 Å². The number of hydrogen-bond donors (Lipinski definition) is 5. The largest absolute Gasteiger partial charge is 0.370 e. The number of aromatic nitrogens is 1. The first-order chi connectivity index (χ1) is 13.4. The van der Waals surface area contributed by atoms with Crippen LogP contribution in [0.25, 0.3) is 0 Å². The number of aryl methyl sites for hydroxylation is 1. The average Bonchev–Trinajstić information content (AvgIpc) is 3.33. The van der Waals surface area contributed by atoms with Crippen molar-refractivity contribution in [3.05, 3.63) is 40.4 Å². The van der Waals surface area contributed by atoms with Crippen molar-refractivity contribution in [3.63, 3.8) is 0 Å². The van der Waals surface area contributed by atoms with Crippen LogP contribution in [-0.4, -0.2) is 22.8 Å². The summed E-state index contributed by atoms with van der Waals surface area (Å²) in [6.45, 7) is 2.30. The third-order valence-electron chi connectivity index (χ3n) is 4.64. The highest BCUT2D eigenvalue weighted by Gasteiger charge is 2.26. The van der Waals surface area contributed by atoms with Crippen molar-refractivity contribution in [2.24, 2.45) is 11.7 Å². The first-order valence-corrected chi connectivity index (χ1v) is 9.99. The van der Waals surface area contributed by atoms with Gasteiger partial charge in [0.1, 0.15) is 0 Å². The summed E-state index contributed by atoms with van der Waals surface area (Å²) in [5.74, 6) is 0.0172. The van der Waals surface area contributed by atoms with E-state index >= 15 is 0 Å². The topological polar surface area (TPSA) is 133 Å². The molecule has 0 spiro atoms. The Kier molecular flexibility index (Phi) is 6.25. The second-order valence-electron chi connectivity index (χ2n) is 6.87. The molecule has 8 nitrogen and oxygen atoms in total. The maximum Gasteiger partial charge on any atom is 0.325 e. The van der Waals surface area contributed by atoms with E-state index < -0.39 is 6.03 Å². The Bertz CT molecular complexity index is 888. The smallest absolute Gasteiger partial charge is 0.325 e. The summed E-state index contributed by atoms with van der Waals surface area (Å²) in [4.78, 5) is 30.2. The number of benzene rings is 1. The molecular weight excluding hydrogens is 376 g/mol. The number of ketones is 1. The summed E-state index contributed by atoms with van der Waals surface area (Å²) in [5.41, 5.74) is 7.31. The van der Waals surface area contributed by atoms with Gasteiger partial charge in [-0.15, -0.1) is 0 Å². The number of rotatable bonds is 6. The van der Waals surface area contributed by atoms with Crippen LogP contribution in [0, 0.1) is 18.3 Å². The lowest BCUT2D eigenvalue weighted by atomic mass is 9.94. The third-order valence-corrected chi connectivity index (χ3v) is 5.55. The number of Topliss-reactive ketones (excluding diaryl/α,β-unsaturated/α-hetero) is 1. The molecule has 3 rings (SSSR count). The van der Waals surface area contributed by atoms with Crippen LogP contribution in [0.3, 0.4) is 0 Å². The summed E-state index contributed by atoms with van der Waals surface area (Å²) >= 11 is 1.28. The minimum Gasteiger partial charge on any atom is -0.370 e. The third kappa shape index (κ3) is 5.07. The van der Waals surface area contributed by atoms with Crippen LogP contribution in [0.1, 0.15) is 46.5 Å². The molecule has 1 aromatic heterocycles. The van der Waals surface area contributed by atoms with Gasteiger partial charge in [0.15, 0.2) is 16.9 Å². The Balaban J connectivity index is 1.67. The van der Waals surface area contributed by atoms with E-state index in [1.807, 2.05) is 19.1 Å². The molecule has 1 aliphatic carbocycles. The van der Waals surface area contributed by atoms with Crippen LogP contribution in [0.4, 0.5) is 15.6 Å². The summed E-state index contributed by atoms with van der Waals surface area (Å²) < 4.78 is 0. The molecule has 28 heavy (non-hydrogen) atoms. The zero-order valence-electron chi connectivity index (χ0n) is 15.7. The van der Waals surface area contributed by atoms with Crippen LogP contribution < -0.4 is 21.7 Å².